The molecule has 0 unspecified atom stereocenters. The Bertz CT molecular complexity index is 985. The lowest BCUT2D eigenvalue weighted by atomic mass is 10.1. The van der Waals surface area contributed by atoms with E-state index in [0.717, 1.165) is 6.39 Å². The van der Waals surface area contributed by atoms with Crippen LogP contribution in [-0.4, -0.2) is 29.1 Å². The quantitative estimate of drug-likeness (QED) is 0.700. The molecule has 0 radical (unpaired) electrons. The maximum atomic E-state index is 14.2. The molecular weight excluding hydrogens is 351 g/mol. The number of anilines is 2. The zero-order chi connectivity index (χ0) is 19.4. The molecule has 27 heavy (non-hydrogen) atoms. The maximum Gasteiger partial charge on any atom is 0.255 e. The fourth-order valence-electron chi connectivity index (χ4n) is 2.36. The highest BCUT2D eigenvalue weighted by molar-refractivity contribution is 6.05. The first-order valence-corrected chi connectivity index (χ1v) is 7.87. The maximum absolute atomic E-state index is 14.2. The van der Waals surface area contributed by atoms with Crippen molar-refractivity contribution in [3.8, 4) is 11.5 Å². The lowest BCUT2D eigenvalue weighted by molar-refractivity contribution is -0.113. The number of hydrogen-bond donors (Lipinski definition) is 1. The van der Waals surface area contributed by atoms with Crippen molar-refractivity contribution in [2.75, 3.05) is 17.3 Å². The highest BCUT2D eigenvalue weighted by atomic mass is 19.1. The number of likely N-dealkylation sites (N-methyl/N-ethyl adjacent to an activating group) is 1. The molecule has 3 aromatic rings. The van der Waals surface area contributed by atoms with Crippen molar-refractivity contribution in [1.82, 2.24) is 10.2 Å². The Kier molecular flexibility index (Phi) is 5.07. The Balaban J connectivity index is 1.73. The van der Waals surface area contributed by atoms with Crippen LogP contribution in [0.5, 0.6) is 0 Å². The number of aromatic nitrogens is 2. The van der Waals surface area contributed by atoms with Gasteiger partial charge in [-0.3, -0.25) is 9.59 Å². The van der Waals surface area contributed by atoms with E-state index in [1.807, 2.05) is 0 Å². The molecule has 0 aliphatic carbocycles. The smallest absolute Gasteiger partial charge is 0.255 e. The fourth-order valence-corrected chi connectivity index (χ4v) is 2.36. The van der Waals surface area contributed by atoms with Crippen molar-refractivity contribution >= 4 is 23.2 Å². The average molecular weight is 366 g/mol. The minimum absolute atomic E-state index is 0.0548. The van der Waals surface area contributed by atoms with Gasteiger partial charge in [-0.2, -0.15) is 0 Å². The summed E-state index contributed by atoms with van der Waals surface area (Å²) in [5, 5.41) is 9.76. The summed E-state index contributed by atoms with van der Waals surface area (Å²) in [7, 11) is 1.60. The van der Waals surface area contributed by atoms with E-state index in [-0.39, 0.29) is 23.0 Å². The Morgan fingerprint density at radius 3 is 2.56 bits per heavy atom. The van der Waals surface area contributed by atoms with Crippen molar-refractivity contribution in [2.45, 2.75) is 0 Å². The molecule has 0 aliphatic heterocycles. The summed E-state index contributed by atoms with van der Waals surface area (Å²) in [5.41, 5.74) is 1.40. The van der Waals surface area contributed by atoms with E-state index < -0.39 is 11.7 Å². The molecule has 7 nitrogen and oxygen atoms in total. The second-order valence-electron chi connectivity index (χ2n) is 5.54. The highest BCUT2D eigenvalue weighted by Gasteiger charge is 2.13. The van der Waals surface area contributed by atoms with Crippen LogP contribution >= 0.6 is 0 Å². The van der Waals surface area contributed by atoms with Crippen molar-refractivity contribution in [3.05, 3.63) is 72.9 Å². The lowest BCUT2D eigenvalue weighted by Gasteiger charge is -2.15. The van der Waals surface area contributed by atoms with Gasteiger partial charge in [0.25, 0.3) is 5.91 Å². The lowest BCUT2D eigenvalue weighted by Crippen LogP contribution is -2.23. The van der Waals surface area contributed by atoms with Crippen LogP contribution in [0, 0.1) is 5.82 Å². The molecule has 3 rings (SSSR count). The molecule has 136 valence electrons. The number of nitrogens with zero attached hydrogens (tertiary/aromatic N) is 3. The van der Waals surface area contributed by atoms with Crippen LogP contribution < -0.4 is 10.2 Å². The number of amides is 2. The van der Waals surface area contributed by atoms with Crippen LogP contribution in [0.1, 0.15) is 10.4 Å². The van der Waals surface area contributed by atoms with E-state index in [0.29, 0.717) is 11.3 Å². The molecule has 0 aliphatic rings. The van der Waals surface area contributed by atoms with Crippen LogP contribution in [0.4, 0.5) is 15.8 Å². The summed E-state index contributed by atoms with van der Waals surface area (Å²) < 4.78 is 19.2. The van der Waals surface area contributed by atoms with Gasteiger partial charge < -0.3 is 14.6 Å². The van der Waals surface area contributed by atoms with Gasteiger partial charge in [-0.15, -0.1) is 10.2 Å². The van der Waals surface area contributed by atoms with E-state index >= 15 is 0 Å². The second-order valence-corrected chi connectivity index (χ2v) is 5.54. The summed E-state index contributed by atoms with van der Waals surface area (Å²) in [4.78, 5) is 25.3. The molecule has 0 atom stereocenters. The third-order valence-corrected chi connectivity index (χ3v) is 3.84. The van der Waals surface area contributed by atoms with Gasteiger partial charge in [0.15, 0.2) is 0 Å². The van der Waals surface area contributed by atoms with E-state index in [9.17, 15) is 14.0 Å². The largest absolute Gasteiger partial charge is 0.423 e. The zero-order valence-corrected chi connectivity index (χ0v) is 14.3. The number of benzene rings is 2. The SMILES string of the molecule is C=CC(=O)N(C)c1ccc(C(=O)Nc2ccc(-c3nnco3)c(F)c2)cc1. The molecule has 8 heteroatoms. The molecular formula is C19H15FN4O3. The van der Waals surface area contributed by atoms with Gasteiger partial charge in [-0.05, 0) is 48.5 Å². The molecule has 1 heterocycles. The zero-order valence-electron chi connectivity index (χ0n) is 14.3. The number of carbonyl (C=O) groups excluding carboxylic acids is 2. The number of nitrogens with one attached hydrogen (secondary N) is 1. The normalized spacial score (nSPS) is 10.3. The Morgan fingerprint density at radius 1 is 1.22 bits per heavy atom. The van der Waals surface area contributed by atoms with E-state index in [1.54, 1.807) is 31.3 Å². The van der Waals surface area contributed by atoms with Crippen molar-refractivity contribution in [1.29, 1.82) is 0 Å². The van der Waals surface area contributed by atoms with Crippen molar-refractivity contribution < 1.29 is 18.4 Å². The average Bonchev–Trinajstić information content (AvgIpc) is 3.21. The summed E-state index contributed by atoms with van der Waals surface area (Å²) >= 11 is 0. The van der Waals surface area contributed by atoms with E-state index in [1.165, 1.54) is 29.2 Å². The van der Waals surface area contributed by atoms with Crippen LogP contribution in [0.2, 0.25) is 0 Å². The van der Waals surface area contributed by atoms with Crippen molar-refractivity contribution in [2.24, 2.45) is 0 Å². The first-order valence-electron chi connectivity index (χ1n) is 7.87. The Morgan fingerprint density at radius 2 is 1.96 bits per heavy atom. The number of hydrogen-bond acceptors (Lipinski definition) is 5. The van der Waals surface area contributed by atoms with E-state index in [4.69, 9.17) is 4.42 Å². The van der Waals surface area contributed by atoms with Gasteiger partial charge >= 0.3 is 0 Å². The summed E-state index contributed by atoms with van der Waals surface area (Å²) in [6.07, 6.45) is 2.31. The summed E-state index contributed by atoms with van der Waals surface area (Å²) in [6, 6.07) is 10.6. The third-order valence-electron chi connectivity index (χ3n) is 3.84. The highest BCUT2D eigenvalue weighted by Crippen LogP contribution is 2.24. The van der Waals surface area contributed by atoms with Gasteiger partial charge in [0.2, 0.25) is 18.2 Å². The van der Waals surface area contributed by atoms with Crippen LogP contribution in [-0.2, 0) is 4.79 Å². The molecule has 0 saturated carbocycles. The summed E-state index contributed by atoms with van der Waals surface area (Å²) in [6.45, 7) is 3.43. The van der Waals surface area contributed by atoms with E-state index in [2.05, 4.69) is 22.1 Å². The van der Waals surface area contributed by atoms with Gasteiger partial charge in [-0.25, -0.2) is 4.39 Å². The van der Waals surface area contributed by atoms with Crippen LogP contribution in [0.25, 0.3) is 11.5 Å². The molecule has 2 amide bonds. The number of carbonyl (C=O) groups is 2. The molecule has 1 aromatic heterocycles. The minimum Gasteiger partial charge on any atom is -0.423 e. The van der Waals surface area contributed by atoms with Gasteiger partial charge in [0.1, 0.15) is 5.82 Å². The Hall–Kier alpha value is -3.81. The van der Waals surface area contributed by atoms with Crippen molar-refractivity contribution in [3.63, 3.8) is 0 Å². The van der Waals surface area contributed by atoms with Crippen LogP contribution in [0.15, 0.2) is 65.9 Å². The topological polar surface area (TPSA) is 88.3 Å². The molecule has 2 aromatic carbocycles. The standard InChI is InChI=1S/C19H15FN4O3/c1-3-17(25)24(2)14-7-4-12(5-8-14)18(26)22-13-6-9-15(16(20)10-13)19-23-21-11-27-19/h3-11H,1H2,2H3,(H,22,26). The monoisotopic (exact) mass is 366 g/mol. The second kappa shape index (κ2) is 7.61. The van der Waals surface area contributed by atoms with Gasteiger partial charge in [0, 0.05) is 24.0 Å². The molecule has 0 bridgehead atoms. The predicted octanol–water partition coefficient (Wildman–Crippen LogP) is 3.28. The van der Waals surface area contributed by atoms with Crippen LogP contribution in [0.3, 0.4) is 0 Å². The first kappa shape index (κ1) is 18.0. The molecule has 0 fully saturated rings. The molecule has 1 N–H and O–H groups in total. The Labute approximate surface area is 154 Å². The fraction of sp³-hybridized carbons (Fsp3) is 0.0526. The minimum atomic E-state index is -0.600. The predicted molar refractivity (Wildman–Crippen MR) is 97.7 cm³/mol. The molecule has 0 saturated heterocycles. The number of rotatable bonds is 5. The van der Waals surface area contributed by atoms with Gasteiger partial charge in [-0.1, -0.05) is 6.58 Å². The number of halogens is 1. The third kappa shape index (κ3) is 3.90. The summed E-state index contributed by atoms with van der Waals surface area (Å²) in [5.74, 6) is -1.22. The first-order chi connectivity index (χ1) is 13.0. The molecule has 0 spiro atoms. The van der Waals surface area contributed by atoms with Gasteiger partial charge in [0.05, 0.1) is 5.56 Å².